The minimum Gasteiger partial charge on any atom is -0.340 e. The monoisotopic (exact) mass is 184 g/mol. The van der Waals surface area contributed by atoms with Crippen molar-refractivity contribution in [2.75, 3.05) is 20.1 Å². The Bertz CT molecular complexity index is 178. The Morgan fingerprint density at radius 3 is 2.62 bits per heavy atom. The van der Waals surface area contributed by atoms with Crippen molar-refractivity contribution in [2.45, 2.75) is 32.7 Å². The van der Waals surface area contributed by atoms with Crippen molar-refractivity contribution < 1.29 is 4.79 Å². The van der Waals surface area contributed by atoms with Gasteiger partial charge in [-0.1, -0.05) is 6.92 Å². The third-order valence-electron chi connectivity index (χ3n) is 2.54. The number of nitrogens with one attached hydrogen (secondary N) is 1. The van der Waals surface area contributed by atoms with Gasteiger partial charge in [-0.05, 0) is 26.8 Å². The van der Waals surface area contributed by atoms with Gasteiger partial charge in [0.15, 0.2) is 0 Å². The minimum absolute atomic E-state index is 0.116. The van der Waals surface area contributed by atoms with Gasteiger partial charge >= 0.3 is 0 Å². The van der Waals surface area contributed by atoms with E-state index < -0.39 is 0 Å². The SMILES string of the molecule is CCN(C(=O)C(C)CNC)C1CC1. The molecule has 0 heterocycles. The summed E-state index contributed by atoms with van der Waals surface area (Å²) in [6.45, 7) is 5.69. The zero-order valence-corrected chi connectivity index (χ0v) is 8.84. The van der Waals surface area contributed by atoms with E-state index >= 15 is 0 Å². The van der Waals surface area contributed by atoms with Crippen molar-refractivity contribution in [3.63, 3.8) is 0 Å². The van der Waals surface area contributed by atoms with Gasteiger partial charge in [0.2, 0.25) is 5.91 Å². The lowest BCUT2D eigenvalue weighted by Crippen LogP contribution is -2.39. The summed E-state index contributed by atoms with van der Waals surface area (Å²) in [7, 11) is 1.89. The number of carbonyl (C=O) groups excluding carboxylic acids is 1. The Hall–Kier alpha value is -0.570. The van der Waals surface area contributed by atoms with E-state index in [1.54, 1.807) is 0 Å². The van der Waals surface area contributed by atoms with Crippen molar-refractivity contribution in [3.8, 4) is 0 Å². The molecule has 0 aromatic rings. The Morgan fingerprint density at radius 1 is 1.62 bits per heavy atom. The van der Waals surface area contributed by atoms with Gasteiger partial charge in [-0.2, -0.15) is 0 Å². The molecular formula is C10H20N2O. The largest absolute Gasteiger partial charge is 0.340 e. The first kappa shape index (κ1) is 10.5. The van der Waals surface area contributed by atoms with Gasteiger partial charge in [0.05, 0.1) is 0 Å². The van der Waals surface area contributed by atoms with E-state index in [-0.39, 0.29) is 5.92 Å². The molecule has 76 valence electrons. The van der Waals surface area contributed by atoms with Crippen molar-refractivity contribution in [2.24, 2.45) is 5.92 Å². The smallest absolute Gasteiger partial charge is 0.226 e. The summed E-state index contributed by atoms with van der Waals surface area (Å²) in [4.78, 5) is 13.8. The average Bonchev–Trinajstić information content (AvgIpc) is 2.90. The molecule has 0 aromatic heterocycles. The van der Waals surface area contributed by atoms with Crippen LogP contribution < -0.4 is 5.32 Å². The number of rotatable bonds is 5. The maximum atomic E-state index is 11.8. The molecule has 0 radical (unpaired) electrons. The molecule has 0 aromatic carbocycles. The molecule has 1 atom stereocenters. The molecule has 1 rings (SSSR count). The van der Waals surface area contributed by atoms with E-state index in [0.717, 1.165) is 13.1 Å². The topological polar surface area (TPSA) is 32.3 Å². The second-order valence-electron chi connectivity index (χ2n) is 3.81. The lowest BCUT2D eigenvalue weighted by molar-refractivity contribution is -0.135. The summed E-state index contributed by atoms with van der Waals surface area (Å²) in [5, 5.41) is 3.04. The van der Waals surface area contributed by atoms with E-state index in [9.17, 15) is 4.79 Å². The number of carbonyl (C=O) groups is 1. The zero-order valence-electron chi connectivity index (χ0n) is 8.84. The highest BCUT2D eigenvalue weighted by Gasteiger charge is 2.32. The van der Waals surface area contributed by atoms with E-state index in [4.69, 9.17) is 0 Å². The highest BCUT2D eigenvalue weighted by atomic mass is 16.2. The van der Waals surface area contributed by atoms with Crippen LogP contribution >= 0.6 is 0 Å². The Balaban J connectivity index is 2.42. The van der Waals surface area contributed by atoms with Gasteiger partial charge < -0.3 is 10.2 Å². The van der Waals surface area contributed by atoms with Crippen molar-refractivity contribution in [1.82, 2.24) is 10.2 Å². The lowest BCUT2D eigenvalue weighted by atomic mass is 10.1. The van der Waals surface area contributed by atoms with Crippen LogP contribution in [0, 0.1) is 5.92 Å². The van der Waals surface area contributed by atoms with Gasteiger partial charge in [0.1, 0.15) is 0 Å². The molecule has 1 unspecified atom stereocenters. The fraction of sp³-hybridized carbons (Fsp3) is 0.900. The molecule has 1 fully saturated rings. The molecule has 0 spiro atoms. The molecule has 3 nitrogen and oxygen atoms in total. The maximum absolute atomic E-state index is 11.8. The van der Waals surface area contributed by atoms with Gasteiger partial charge in [-0.25, -0.2) is 0 Å². The van der Waals surface area contributed by atoms with E-state index in [2.05, 4.69) is 12.2 Å². The third-order valence-corrected chi connectivity index (χ3v) is 2.54. The first-order valence-electron chi connectivity index (χ1n) is 5.15. The molecule has 0 aliphatic heterocycles. The van der Waals surface area contributed by atoms with Crippen LogP contribution in [0.3, 0.4) is 0 Å². The third kappa shape index (κ3) is 2.69. The van der Waals surface area contributed by atoms with E-state index in [1.807, 2.05) is 18.9 Å². The predicted octanol–water partition coefficient (Wildman–Crippen LogP) is 0.853. The second-order valence-corrected chi connectivity index (χ2v) is 3.81. The quantitative estimate of drug-likeness (QED) is 0.687. The number of hydrogen-bond donors (Lipinski definition) is 1. The summed E-state index contributed by atoms with van der Waals surface area (Å²) in [6.07, 6.45) is 2.40. The summed E-state index contributed by atoms with van der Waals surface area (Å²) in [5.74, 6) is 0.421. The van der Waals surface area contributed by atoms with Crippen LogP contribution in [-0.4, -0.2) is 37.0 Å². The average molecular weight is 184 g/mol. The van der Waals surface area contributed by atoms with E-state index in [0.29, 0.717) is 11.9 Å². The Kier molecular flexibility index (Phi) is 3.72. The standard InChI is InChI=1S/C10H20N2O/c1-4-12(9-5-6-9)10(13)8(2)7-11-3/h8-9,11H,4-7H2,1-3H3. The van der Waals surface area contributed by atoms with Crippen molar-refractivity contribution >= 4 is 5.91 Å². The first-order valence-corrected chi connectivity index (χ1v) is 5.15. The van der Waals surface area contributed by atoms with Crippen molar-refractivity contribution in [1.29, 1.82) is 0 Å². The minimum atomic E-state index is 0.116. The number of nitrogens with zero attached hydrogens (tertiary/aromatic N) is 1. The predicted molar refractivity (Wildman–Crippen MR) is 53.5 cm³/mol. The van der Waals surface area contributed by atoms with Crippen LogP contribution in [-0.2, 0) is 4.79 Å². The zero-order chi connectivity index (χ0) is 9.84. The molecule has 1 aliphatic carbocycles. The van der Waals surface area contributed by atoms with Crippen LogP contribution in [0.2, 0.25) is 0 Å². The molecule has 1 amide bonds. The lowest BCUT2D eigenvalue weighted by Gasteiger charge is -2.24. The van der Waals surface area contributed by atoms with Crippen LogP contribution in [0.15, 0.2) is 0 Å². The fourth-order valence-corrected chi connectivity index (χ4v) is 1.66. The summed E-state index contributed by atoms with van der Waals surface area (Å²) in [6, 6.07) is 0.553. The molecule has 13 heavy (non-hydrogen) atoms. The summed E-state index contributed by atoms with van der Waals surface area (Å²) in [5.41, 5.74) is 0. The van der Waals surface area contributed by atoms with Gasteiger partial charge in [0.25, 0.3) is 0 Å². The molecule has 0 bridgehead atoms. The van der Waals surface area contributed by atoms with Crippen LogP contribution in [0.1, 0.15) is 26.7 Å². The molecule has 0 saturated heterocycles. The van der Waals surface area contributed by atoms with Crippen LogP contribution in [0.5, 0.6) is 0 Å². The Morgan fingerprint density at radius 2 is 2.23 bits per heavy atom. The summed E-state index contributed by atoms with van der Waals surface area (Å²) >= 11 is 0. The fourth-order valence-electron chi connectivity index (χ4n) is 1.66. The molecule has 1 N–H and O–H groups in total. The van der Waals surface area contributed by atoms with Crippen molar-refractivity contribution in [3.05, 3.63) is 0 Å². The van der Waals surface area contributed by atoms with E-state index in [1.165, 1.54) is 12.8 Å². The van der Waals surface area contributed by atoms with Crippen LogP contribution in [0.4, 0.5) is 0 Å². The van der Waals surface area contributed by atoms with Gasteiger partial charge in [-0.15, -0.1) is 0 Å². The molecule has 1 aliphatic rings. The second kappa shape index (κ2) is 4.61. The highest BCUT2D eigenvalue weighted by molar-refractivity contribution is 5.79. The Labute approximate surface area is 80.5 Å². The normalized spacial score (nSPS) is 18.4. The molecule has 3 heteroatoms. The number of hydrogen-bond acceptors (Lipinski definition) is 2. The maximum Gasteiger partial charge on any atom is 0.226 e. The molecular weight excluding hydrogens is 164 g/mol. The first-order chi connectivity index (χ1) is 6.20. The summed E-state index contributed by atoms with van der Waals surface area (Å²) < 4.78 is 0. The number of amides is 1. The molecule has 1 saturated carbocycles. The highest BCUT2D eigenvalue weighted by Crippen LogP contribution is 2.27. The van der Waals surface area contributed by atoms with Gasteiger partial charge in [-0.3, -0.25) is 4.79 Å². The van der Waals surface area contributed by atoms with Gasteiger partial charge in [0, 0.05) is 25.0 Å². The van der Waals surface area contributed by atoms with Crippen LogP contribution in [0.25, 0.3) is 0 Å².